The van der Waals surface area contributed by atoms with Crippen LogP contribution in [0.15, 0.2) is 49.6 Å². The maximum Gasteiger partial charge on any atom is 0.330 e. The van der Waals surface area contributed by atoms with Gasteiger partial charge >= 0.3 is 11.9 Å². The van der Waals surface area contributed by atoms with Crippen LogP contribution in [0, 0.1) is 0 Å². The van der Waals surface area contributed by atoms with Gasteiger partial charge in [0.15, 0.2) is 0 Å². The number of carbonyl (C=O) groups is 2. The molecular weight excluding hydrogens is 288 g/mol. The van der Waals surface area contributed by atoms with Crippen LogP contribution in [0.25, 0.3) is 0 Å². The van der Waals surface area contributed by atoms with Crippen molar-refractivity contribution < 1.29 is 30.0 Å². The van der Waals surface area contributed by atoms with Crippen molar-refractivity contribution in [2.75, 3.05) is 0 Å². The summed E-state index contributed by atoms with van der Waals surface area (Å²) in [5.41, 5.74) is -2.27. The van der Waals surface area contributed by atoms with Crippen molar-refractivity contribution in [3.8, 4) is 0 Å². The number of hydrogen-bond acceptors (Lipinski definition) is 4. The Morgan fingerprint density at radius 3 is 1.05 bits per heavy atom. The van der Waals surface area contributed by atoms with Gasteiger partial charge in [-0.2, -0.15) is 0 Å². The van der Waals surface area contributed by atoms with Crippen LogP contribution in [0.3, 0.4) is 0 Å². The summed E-state index contributed by atoms with van der Waals surface area (Å²) in [7, 11) is 0. The Bertz CT molecular complexity index is 384. The van der Waals surface area contributed by atoms with E-state index in [-0.39, 0.29) is 11.1 Å². The topological polar surface area (TPSA) is 115 Å². The molecule has 0 radical (unpaired) electrons. The van der Waals surface area contributed by atoms with Gasteiger partial charge in [0.1, 0.15) is 5.60 Å². The van der Waals surface area contributed by atoms with Gasteiger partial charge in [-0.15, -0.1) is 0 Å². The first-order valence-electron chi connectivity index (χ1n) is 6.15. The zero-order chi connectivity index (χ0) is 18.7. The molecule has 0 amide bonds. The second-order valence-corrected chi connectivity index (χ2v) is 4.96. The molecule has 0 spiro atoms. The molecule has 4 N–H and O–H groups in total. The fourth-order valence-corrected chi connectivity index (χ4v) is 0.583. The fraction of sp³-hybridized carbons (Fsp3) is 0.375. The van der Waals surface area contributed by atoms with Crippen LogP contribution >= 0.6 is 0 Å². The van der Waals surface area contributed by atoms with Crippen LogP contribution in [-0.4, -0.2) is 43.6 Å². The normalized spacial score (nSPS) is 9.91. The van der Waals surface area contributed by atoms with Crippen LogP contribution in [0.2, 0.25) is 0 Å². The summed E-state index contributed by atoms with van der Waals surface area (Å²) in [5.74, 6) is -1.87. The maximum atomic E-state index is 9.60. The summed E-state index contributed by atoms with van der Waals surface area (Å²) in [4.78, 5) is 19.2. The number of carboxylic acids is 2. The van der Waals surface area contributed by atoms with Crippen LogP contribution in [0.1, 0.15) is 27.7 Å². The third-order valence-electron chi connectivity index (χ3n) is 2.33. The van der Waals surface area contributed by atoms with Crippen molar-refractivity contribution in [1.82, 2.24) is 0 Å². The zero-order valence-corrected chi connectivity index (χ0v) is 13.6. The Hall–Kier alpha value is -2.18. The lowest BCUT2D eigenvalue weighted by Crippen LogP contribution is -2.46. The lowest BCUT2D eigenvalue weighted by molar-refractivity contribution is -0.133. The first kappa shape index (κ1) is 24.8. The highest BCUT2D eigenvalue weighted by Gasteiger charge is 2.36. The molecule has 6 nitrogen and oxygen atoms in total. The van der Waals surface area contributed by atoms with Gasteiger partial charge in [0.05, 0.1) is 5.60 Å². The van der Waals surface area contributed by atoms with E-state index >= 15 is 0 Å². The smallest absolute Gasteiger partial charge is 0.330 e. The quantitative estimate of drug-likeness (QED) is 0.456. The summed E-state index contributed by atoms with van der Waals surface area (Å²) in [5, 5.41) is 34.6. The minimum Gasteiger partial charge on any atom is -0.478 e. The average molecular weight is 314 g/mol. The first-order chi connectivity index (χ1) is 9.66. The fourth-order valence-electron chi connectivity index (χ4n) is 0.583. The van der Waals surface area contributed by atoms with E-state index in [0.717, 1.165) is 0 Å². The molecule has 0 heterocycles. The van der Waals surface area contributed by atoms with Gasteiger partial charge in [-0.25, -0.2) is 9.59 Å². The van der Waals surface area contributed by atoms with Crippen LogP contribution < -0.4 is 0 Å². The minimum atomic E-state index is -1.40. The predicted octanol–water partition coefficient (Wildman–Crippen LogP) is 2.15. The van der Waals surface area contributed by atoms with E-state index in [2.05, 4.69) is 26.3 Å². The summed E-state index contributed by atoms with van der Waals surface area (Å²) in [6.07, 6.45) is 2.53. The van der Waals surface area contributed by atoms with Gasteiger partial charge in [0.25, 0.3) is 0 Å². The molecular formula is C16H26O6. The Labute approximate surface area is 131 Å². The molecule has 0 aromatic carbocycles. The molecule has 0 aliphatic heterocycles. The van der Waals surface area contributed by atoms with Crippen molar-refractivity contribution in [2.24, 2.45) is 0 Å². The molecule has 0 aliphatic carbocycles. The Kier molecular flexibility index (Phi) is 11.9. The highest BCUT2D eigenvalue weighted by atomic mass is 16.4. The molecule has 0 unspecified atom stereocenters. The number of rotatable bonds is 5. The lowest BCUT2D eigenvalue weighted by Gasteiger charge is -2.33. The van der Waals surface area contributed by atoms with Crippen molar-refractivity contribution in [3.05, 3.63) is 49.6 Å². The molecule has 0 aliphatic rings. The zero-order valence-electron chi connectivity index (χ0n) is 13.6. The number of carboxylic acid groups (broad SMARTS) is 2. The molecule has 0 aromatic rings. The molecule has 0 bridgehead atoms. The second kappa shape index (κ2) is 10.5. The number of hydrogen-bond donors (Lipinski definition) is 4. The molecule has 22 heavy (non-hydrogen) atoms. The molecule has 0 fully saturated rings. The summed E-state index contributed by atoms with van der Waals surface area (Å²) in [6.45, 7) is 19.0. The predicted molar refractivity (Wildman–Crippen MR) is 86.5 cm³/mol. The third kappa shape index (κ3) is 11.6. The van der Waals surface area contributed by atoms with Gasteiger partial charge < -0.3 is 20.4 Å². The molecule has 126 valence electrons. The second-order valence-electron chi connectivity index (χ2n) is 4.96. The van der Waals surface area contributed by atoms with Gasteiger partial charge in [-0.05, 0) is 27.7 Å². The van der Waals surface area contributed by atoms with E-state index in [4.69, 9.17) is 10.2 Å². The van der Waals surface area contributed by atoms with Crippen molar-refractivity contribution in [1.29, 1.82) is 0 Å². The Balaban J connectivity index is -0.000000261. The molecule has 6 heteroatoms. The van der Waals surface area contributed by atoms with Crippen LogP contribution in [0.5, 0.6) is 0 Å². The van der Waals surface area contributed by atoms with Crippen LogP contribution in [-0.2, 0) is 9.59 Å². The highest BCUT2D eigenvalue weighted by molar-refractivity contribution is 5.85. The average Bonchev–Trinajstić information content (AvgIpc) is 2.37. The summed E-state index contributed by atoms with van der Waals surface area (Å²) >= 11 is 0. The number of aliphatic carboxylic acids is 2. The van der Waals surface area contributed by atoms with E-state index < -0.39 is 23.1 Å². The van der Waals surface area contributed by atoms with Gasteiger partial charge in [0.2, 0.25) is 0 Å². The van der Waals surface area contributed by atoms with Crippen molar-refractivity contribution >= 4 is 11.9 Å². The number of aliphatic hydroxyl groups is 2. The molecule has 0 saturated carbocycles. The Morgan fingerprint density at radius 2 is 1.05 bits per heavy atom. The van der Waals surface area contributed by atoms with Crippen molar-refractivity contribution in [3.63, 3.8) is 0 Å². The summed E-state index contributed by atoms with van der Waals surface area (Å²) < 4.78 is 0. The van der Waals surface area contributed by atoms with E-state index in [0.29, 0.717) is 0 Å². The molecule has 0 saturated heterocycles. The van der Waals surface area contributed by atoms with E-state index in [9.17, 15) is 19.8 Å². The Morgan fingerprint density at radius 1 is 0.864 bits per heavy atom. The molecule has 0 atom stereocenters. The monoisotopic (exact) mass is 314 g/mol. The van der Waals surface area contributed by atoms with Gasteiger partial charge in [0, 0.05) is 11.1 Å². The van der Waals surface area contributed by atoms with Crippen molar-refractivity contribution in [2.45, 2.75) is 38.9 Å². The maximum absolute atomic E-state index is 9.60. The van der Waals surface area contributed by atoms with E-state index in [1.165, 1.54) is 39.8 Å². The van der Waals surface area contributed by atoms with E-state index in [1.807, 2.05) is 0 Å². The van der Waals surface area contributed by atoms with Gasteiger partial charge in [-0.3, -0.25) is 0 Å². The highest BCUT2D eigenvalue weighted by Crippen LogP contribution is 2.23. The SMILES string of the molecule is C=C(C)C(=O)O.C=C(C)C(=O)O.C=CC(O)(C=C)C(C)(C)O. The standard InChI is InChI=1S/C8H14O2.2C4H6O2/c1-5-8(10,6-2)7(3,4)9;2*1-3(2)4(5)6/h5-6,9-10H,1-2H2,3-4H3;2*1H2,2H3,(H,5,6). The molecule has 0 aromatic heterocycles. The van der Waals surface area contributed by atoms with Crippen LogP contribution in [0.4, 0.5) is 0 Å². The lowest BCUT2D eigenvalue weighted by atomic mass is 9.86. The van der Waals surface area contributed by atoms with Gasteiger partial charge in [-0.1, -0.05) is 38.5 Å². The minimum absolute atomic E-state index is 0.176. The largest absolute Gasteiger partial charge is 0.478 e. The first-order valence-corrected chi connectivity index (χ1v) is 6.15. The third-order valence-corrected chi connectivity index (χ3v) is 2.33. The molecule has 0 rings (SSSR count). The summed E-state index contributed by atoms with van der Waals surface area (Å²) in [6, 6.07) is 0. The van der Waals surface area contributed by atoms with E-state index in [1.54, 1.807) is 0 Å².